The van der Waals surface area contributed by atoms with Gasteiger partial charge in [-0.3, -0.25) is 9.59 Å². The van der Waals surface area contributed by atoms with Crippen molar-refractivity contribution < 1.29 is 14.7 Å². The fourth-order valence-corrected chi connectivity index (χ4v) is 4.34. The highest BCUT2D eigenvalue weighted by Gasteiger charge is 2.41. The van der Waals surface area contributed by atoms with Crippen molar-refractivity contribution in [2.75, 3.05) is 6.54 Å². The van der Waals surface area contributed by atoms with Gasteiger partial charge in [-0.1, -0.05) is 56.9 Å². The van der Waals surface area contributed by atoms with E-state index in [1.54, 1.807) is 0 Å². The Morgan fingerprint density at radius 1 is 1.17 bits per heavy atom. The molecule has 2 aliphatic carbocycles. The van der Waals surface area contributed by atoms with Gasteiger partial charge in [0.2, 0.25) is 11.6 Å². The molecule has 29 heavy (non-hydrogen) atoms. The average molecular weight is 400 g/mol. The van der Waals surface area contributed by atoms with Crippen molar-refractivity contribution in [1.82, 2.24) is 5.32 Å². The van der Waals surface area contributed by atoms with Crippen molar-refractivity contribution >= 4 is 11.6 Å². The number of hydrogen-bond donors (Lipinski definition) is 2. The summed E-state index contributed by atoms with van der Waals surface area (Å²) < 4.78 is 0. The number of nitrogens with one attached hydrogen (secondary N) is 1. The third-order valence-electron chi connectivity index (χ3n) is 6.09. The molecule has 160 valence electrons. The second-order valence-corrected chi connectivity index (χ2v) is 8.54. The minimum Gasteiger partial charge on any atom is -0.505 e. The summed E-state index contributed by atoms with van der Waals surface area (Å²) in [6.45, 7) is 13.0. The molecule has 0 spiro atoms. The van der Waals surface area contributed by atoms with Crippen LogP contribution in [0.15, 0.2) is 46.4 Å². The van der Waals surface area contributed by atoms with Gasteiger partial charge in [-0.15, -0.1) is 0 Å². The summed E-state index contributed by atoms with van der Waals surface area (Å²) in [4.78, 5) is 26.2. The molecule has 0 aromatic rings. The number of aliphatic hydroxyl groups is 1. The van der Waals surface area contributed by atoms with E-state index in [1.165, 1.54) is 5.57 Å². The van der Waals surface area contributed by atoms with Crippen LogP contribution in [-0.2, 0) is 9.59 Å². The Hall–Kier alpha value is -2.10. The maximum absolute atomic E-state index is 13.1. The van der Waals surface area contributed by atoms with Crippen molar-refractivity contribution in [2.24, 2.45) is 11.8 Å². The summed E-state index contributed by atoms with van der Waals surface area (Å²) in [7, 11) is 0. The topological polar surface area (TPSA) is 66.4 Å². The molecule has 0 aromatic heterocycles. The molecule has 0 amide bonds. The first-order valence-electron chi connectivity index (χ1n) is 11.2. The molecule has 2 rings (SSSR count). The van der Waals surface area contributed by atoms with Crippen molar-refractivity contribution in [2.45, 2.75) is 79.1 Å². The summed E-state index contributed by atoms with van der Waals surface area (Å²) in [5, 5.41) is 14.5. The van der Waals surface area contributed by atoms with Gasteiger partial charge in [0, 0.05) is 18.0 Å². The number of unbranched alkanes of at least 4 members (excludes halogenated alkanes) is 3. The van der Waals surface area contributed by atoms with Gasteiger partial charge in [0.15, 0.2) is 0 Å². The molecule has 2 N–H and O–H groups in total. The van der Waals surface area contributed by atoms with Gasteiger partial charge in [0.25, 0.3) is 0 Å². The Morgan fingerprint density at radius 3 is 2.48 bits per heavy atom. The van der Waals surface area contributed by atoms with E-state index in [1.807, 2.05) is 19.9 Å². The highest BCUT2D eigenvalue weighted by atomic mass is 16.3. The predicted octanol–water partition coefficient (Wildman–Crippen LogP) is 5.72. The van der Waals surface area contributed by atoms with E-state index in [0.29, 0.717) is 24.2 Å². The smallest absolute Gasteiger partial charge is 0.233 e. The lowest BCUT2D eigenvalue weighted by Gasteiger charge is -2.34. The molecule has 0 saturated carbocycles. The van der Waals surface area contributed by atoms with Crippen molar-refractivity contribution in [3.05, 3.63) is 46.4 Å². The lowest BCUT2D eigenvalue weighted by atomic mass is 9.70. The normalized spacial score (nSPS) is 22.8. The van der Waals surface area contributed by atoms with Crippen LogP contribution in [0.25, 0.3) is 0 Å². The van der Waals surface area contributed by atoms with Gasteiger partial charge in [0.05, 0.1) is 11.3 Å². The largest absolute Gasteiger partial charge is 0.505 e. The number of Topliss-reactive ketones (excluding diaryl/α,β-unsaturated/α-hetero) is 2. The molecule has 0 unspecified atom stereocenters. The van der Waals surface area contributed by atoms with Crippen molar-refractivity contribution in [3.63, 3.8) is 0 Å². The third-order valence-corrected chi connectivity index (χ3v) is 6.09. The van der Waals surface area contributed by atoms with E-state index < -0.39 is 11.6 Å². The number of rotatable bonds is 10. The number of ketones is 2. The Morgan fingerprint density at radius 2 is 1.86 bits per heavy atom. The van der Waals surface area contributed by atoms with Crippen LogP contribution < -0.4 is 5.32 Å². The highest BCUT2D eigenvalue weighted by molar-refractivity contribution is 6.50. The van der Waals surface area contributed by atoms with Crippen molar-refractivity contribution in [1.29, 1.82) is 0 Å². The molecule has 0 aliphatic heterocycles. The number of hydrogen-bond acceptors (Lipinski definition) is 4. The standard InChI is InChI=1S/C25H37NO3/c1-6-8-10-11-19-22(26-14-9-7-2)24(28)21(25(29)23(19)27)20-15-17(5)12-13-18(20)16(3)4/h15,18,20,26,28H,3,6-14H2,1-2,4-5H3/t18-,20+/m0/s1. The van der Waals surface area contributed by atoms with E-state index >= 15 is 0 Å². The van der Waals surface area contributed by atoms with E-state index in [-0.39, 0.29) is 23.2 Å². The number of carbonyl (C=O) groups excluding carboxylic acids is 2. The summed E-state index contributed by atoms with van der Waals surface area (Å²) >= 11 is 0. The minimum atomic E-state index is -0.544. The Bertz CT molecular complexity index is 754. The predicted molar refractivity (Wildman–Crippen MR) is 119 cm³/mol. The Balaban J connectivity index is 2.53. The SMILES string of the molecule is C=C(C)[C@@H]1CCC(C)=C[C@H]1C1=C(O)C(NCCCC)=C(CCCCC)C(=O)C1=O. The van der Waals surface area contributed by atoms with Crippen LogP contribution in [0.1, 0.15) is 79.1 Å². The monoisotopic (exact) mass is 399 g/mol. The Kier molecular flexibility index (Phi) is 8.48. The van der Waals surface area contributed by atoms with Crippen LogP contribution in [0.4, 0.5) is 0 Å². The molecular weight excluding hydrogens is 362 g/mol. The molecule has 0 saturated heterocycles. The molecule has 0 radical (unpaired) electrons. The lowest BCUT2D eigenvalue weighted by Crippen LogP contribution is -2.36. The summed E-state index contributed by atoms with van der Waals surface area (Å²) in [5.41, 5.74) is 3.35. The van der Waals surface area contributed by atoms with E-state index in [0.717, 1.165) is 50.5 Å². The first kappa shape index (κ1) is 23.2. The average Bonchev–Trinajstić information content (AvgIpc) is 2.68. The van der Waals surface area contributed by atoms with Crippen LogP contribution in [-0.4, -0.2) is 23.2 Å². The molecule has 0 bridgehead atoms. The van der Waals surface area contributed by atoms with Crippen LogP contribution >= 0.6 is 0 Å². The number of carbonyl (C=O) groups is 2. The molecule has 2 aliphatic rings. The first-order valence-corrected chi connectivity index (χ1v) is 11.2. The molecule has 4 nitrogen and oxygen atoms in total. The molecule has 0 heterocycles. The van der Waals surface area contributed by atoms with Crippen LogP contribution in [0.2, 0.25) is 0 Å². The number of allylic oxidation sites excluding steroid dienone is 5. The zero-order chi connectivity index (χ0) is 21.6. The fourth-order valence-electron chi connectivity index (χ4n) is 4.34. The molecule has 0 fully saturated rings. The summed E-state index contributed by atoms with van der Waals surface area (Å²) in [5.74, 6) is -1.26. The zero-order valence-corrected chi connectivity index (χ0v) is 18.6. The second kappa shape index (κ2) is 10.6. The second-order valence-electron chi connectivity index (χ2n) is 8.54. The maximum atomic E-state index is 13.1. The minimum absolute atomic E-state index is 0.0283. The molecule has 0 aromatic carbocycles. The molecule has 4 heteroatoms. The highest BCUT2D eigenvalue weighted by Crippen LogP contribution is 2.41. The summed E-state index contributed by atoms with van der Waals surface area (Å²) in [6, 6.07) is 0. The fraction of sp³-hybridized carbons (Fsp3) is 0.600. The first-order chi connectivity index (χ1) is 13.8. The Labute approximate surface area is 175 Å². The number of aliphatic hydroxyl groups excluding tert-OH is 1. The van der Waals surface area contributed by atoms with Crippen molar-refractivity contribution in [3.8, 4) is 0 Å². The lowest BCUT2D eigenvalue weighted by molar-refractivity contribution is -0.133. The van der Waals surface area contributed by atoms with E-state index in [4.69, 9.17) is 0 Å². The van der Waals surface area contributed by atoms with Gasteiger partial charge >= 0.3 is 0 Å². The summed E-state index contributed by atoms with van der Waals surface area (Å²) in [6.07, 6.45) is 9.21. The van der Waals surface area contributed by atoms with Gasteiger partial charge in [-0.05, 0) is 51.9 Å². The third kappa shape index (κ3) is 5.29. The maximum Gasteiger partial charge on any atom is 0.233 e. The van der Waals surface area contributed by atoms with Gasteiger partial charge < -0.3 is 10.4 Å². The van der Waals surface area contributed by atoms with Gasteiger partial charge in [0.1, 0.15) is 5.76 Å². The van der Waals surface area contributed by atoms with E-state index in [9.17, 15) is 14.7 Å². The van der Waals surface area contributed by atoms with Crippen LogP contribution in [0, 0.1) is 11.8 Å². The van der Waals surface area contributed by atoms with Crippen LogP contribution in [0.5, 0.6) is 0 Å². The van der Waals surface area contributed by atoms with Gasteiger partial charge in [-0.25, -0.2) is 0 Å². The van der Waals surface area contributed by atoms with Crippen LogP contribution in [0.3, 0.4) is 0 Å². The molecular formula is C25H37NO3. The van der Waals surface area contributed by atoms with Gasteiger partial charge in [-0.2, -0.15) is 0 Å². The zero-order valence-electron chi connectivity index (χ0n) is 18.6. The van der Waals surface area contributed by atoms with E-state index in [2.05, 4.69) is 25.7 Å². The molecule has 2 atom stereocenters. The quantitative estimate of drug-likeness (QED) is 0.213.